The summed E-state index contributed by atoms with van der Waals surface area (Å²) in [7, 11) is 0. The van der Waals surface area contributed by atoms with Crippen molar-refractivity contribution in [2.24, 2.45) is 10.7 Å². The van der Waals surface area contributed by atoms with Crippen molar-refractivity contribution >= 4 is 11.8 Å². The van der Waals surface area contributed by atoms with Crippen LogP contribution in [-0.4, -0.2) is 42.3 Å². The summed E-state index contributed by atoms with van der Waals surface area (Å²) in [6, 6.07) is 20.8. The van der Waals surface area contributed by atoms with Gasteiger partial charge < -0.3 is 19.9 Å². The number of rotatable bonds is 4. The van der Waals surface area contributed by atoms with Crippen LogP contribution in [0.4, 0.5) is 5.88 Å². The molecular weight excluding hydrogens is 364 g/mol. The molecule has 1 aliphatic rings. The lowest BCUT2D eigenvalue weighted by Crippen LogP contribution is -2.44. The summed E-state index contributed by atoms with van der Waals surface area (Å²) < 4.78 is 10.8. The monoisotopic (exact) mass is 390 g/mol. The highest BCUT2D eigenvalue weighted by molar-refractivity contribution is 5.80. The van der Waals surface area contributed by atoms with Gasteiger partial charge in [-0.05, 0) is 16.7 Å². The minimum atomic E-state index is -0.319. The Balaban J connectivity index is 1.53. The molecule has 2 heterocycles. The molecule has 1 fully saturated rings. The second kappa shape index (κ2) is 8.09. The summed E-state index contributed by atoms with van der Waals surface area (Å²) in [4.78, 5) is 6.39. The van der Waals surface area contributed by atoms with Crippen LogP contribution in [-0.2, 0) is 10.2 Å². The SMILES string of the molecule is CC(C)(c1ccc(-c2ccccc2)cc1)c1cc(/N=C(\N)N2CCOCC2)on1. The van der Waals surface area contributed by atoms with Crippen LogP contribution in [0.2, 0.25) is 0 Å². The molecule has 0 aliphatic carbocycles. The molecule has 0 saturated carbocycles. The minimum absolute atomic E-state index is 0.319. The Kier molecular flexibility index (Phi) is 5.36. The lowest BCUT2D eigenvalue weighted by molar-refractivity contribution is 0.0675. The van der Waals surface area contributed by atoms with Crippen LogP contribution in [0.3, 0.4) is 0 Å². The summed E-state index contributed by atoms with van der Waals surface area (Å²) in [6.45, 7) is 7.03. The Bertz CT molecular complexity index is 972. The van der Waals surface area contributed by atoms with Gasteiger partial charge in [-0.2, -0.15) is 4.99 Å². The van der Waals surface area contributed by atoms with Gasteiger partial charge in [0.25, 0.3) is 5.88 Å². The van der Waals surface area contributed by atoms with Gasteiger partial charge in [-0.1, -0.05) is 73.6 Å². The average molecular weight is 390 g/mol. The lowest BCUT2D eigenvalue weighted by atomic mass is 9.81. The zero-order chi connectivity index (χ0) is 20.3. The molecule has 0 radical (unpaired) electrons. The first kappa shape index (κ1) is 19.2. The molecule has 4 rings (SSSR count). The molecule has 0 spiro atoms. The van der Waals surface area contributed by atoms with Gasteiger partial charge in [0.1, 0.15) is 0 Å². The van der Waals surface area contributed by atoms with E-state index in [4.69, 9.17) is 15.0 Å². The van der Waals surface area contributed by atoms with Crippen molar-refractivity contribution in [1.82, 2.24) is 10.1 Å². The predicted molar refractivity (Wildman–Crippen MR) is 114 cm³/mol. The highest BCUT2D eigenvalue weighted by atomic mass is 16.5. The van der Waals surface area contributed by atoms with Gasteiger partial charge in [-0.15, -0.1) is 0 Å². The number of aromatic nitrogens is 1. The van der Waals surface area contributed by atoms with E-state index in [0.717, 1.165) is 24.3 Å². The maximum Gasteiger partial charge on any atom is 0.253 e. The van der Waals surface area contributed by atoms with E-state index >= 15 is 0 Å². The number of hydrogen-bond acceptors (Lipinski definition) is 4. The van der Waals surface area contributed by atoms with E-state index in [1.807, 2.05) is 29.2 Å². The number of nitrogens with zero attached hydrogens (tertiary/aromatic N) is 3. The number of ether oxygens (including phenoxy) is 1. The molecule has 6 heteroatoms. The Labute approximate surface area is 171 Å². The highest BCUT2D eigenvalue weighted by Gasteiger charge is 2.27. The Morgan fingerprint density at radius 3 is 2.34 bits per heavy atom. The van der Waals surface area contributed by atoms with Crippen LogP contribution in [0, 0.1) is 0 Å². The molecule has 1 aliphatic heterocycles. The zero-order valence-electron chi connectivity index (χ0n) is 16.8. The van der Waals surface area contributed by atoms with Crippen molar-refractivity contribution in [3.05, 3.63) is 71.9 Å². The van der Waals surface area contributed by atoms with Crippen molar-refractivity contribution in [2.45, 2.75) is 19.3 Å². The Hall–Kier alpha value is -3.12. The van der Waals surface area contributed by atoms with Crippen molar-refractivity contribution in [3.8, 4) is 11.1 Å². The molecule has 29 heavy (non-hydrogen) atoms. The van der Waals surface area contributed by atoms with E-state index in [1.54, 1.807) is 0 Å². The topological polar surface area (TPSA) is 76.9 Å². The average Bonchev–Trinajstić information content (AvgIpc) is 3.24. The molecule has 1 aromatic heterocycles. The molecule has 0 unspecified atom stereocenters. The highest BCUT2D eigenvalue weighted by Crippen LogP contribution is 2.34. The van der Waals surface area contributed by atoms with Gasteiger partial charge in [0.05, 0.1) is 18.9 Å². The van der Waals surface area contributed by atoms with Gasteiger partial charge in [-0.25, -0.2) is 0 Å². The van der Waals surface area contributed by atoms with E-state index in [-0.39, 0.29) is 5.41 Å². The summed E-state index contributed by atoms with van der Waals surface area (Å²) in [5, 5.41) is 4.26. The summed E-state index contributed by atoms with van der Waals surface area (Å²) in [5.74, 6) is 0.846. The number of morpholine rings is 1. The maximum atomic E-state index is 6.11. The Morgan fingerprint density at radius 2 is 1.66 bits per heavy atom. The molecule has 0 amide bonds. The number of benzene rings is 2. The minimum Gasteiger partial charge on any atom is -0.378 e. The van der Waals surface area contributed by atoms with Crippen LogP contribution >= 0.6 is 0 Å². The third-order valence-corrected chi connectivity index (χ3v) is 5.41. The molecule has 150 valence electrons. The molecule has 6 nitrogen and oxygen atoms in total. The van der Waals surface area contributed by atoms with Gasteiger partial charge in [-0.3, -0.25) is 0 Å². The van der Waals surface area contributed by atoms with Gasteiger partial charge in [0.2, 0.25) is 0 Å². The van der Waals surface area contributed by atoms with Gasteiger partial charge in [0, 0.05) is 24.6 Å². The largest absolute Gasteiger partial charge is 0.378 e. The quantitative estimate of drug-likeness (QED) is 0.539. The first-order valence-electron chi connectivity index (χ1n) is 9.84. The van der Waals surface area contributed by atoms with Crippen LogP contribution in [0.25, 0.3) is 11.1 Å². The molecule has 2 aromatic carbocycles. The molecule has 2 N–H and O–H groups in total. The maximum absolute atomic E-state index is 6.11. The van der Waals surface area contributed by atoms with E-state index in [1.165, 1.54) is 11.1 Å². The van der Waals surface area contributed by atoms with Crippen LogP contribution in [0.5, 0.6) is 0 Å². The van der Waals surface area contributed by atoms with Crippen LogP contribution < -0.4 is 5.73 Å². The summed E-state index contributed by atoms with van der Waals surface area (Å²) >= 11 is 0. The second-order valence-corrected chi connectivity index (χ2v) is 7.69. The molecule has 3 aromatic rings. The van der Waals surface area contributed by atoms with Crippen LogP contribution in [0.1, 0.15) is 25.1 Å². The second-order valence-electron chi connectivity index (χ2n) is 7.69. The smallest absolute Gasteiger partial charge is 0.253 e. The molecule has 1 saturated heterocycles. The van der Waals surface area contributed by atoms with Crippen molar-refractivity contribution in [2.75, 3.05) is 26.3 Å². The molecular formula is C23H26N4O2. The van der Waals surface area contributed by atoms with E-state index < -0.39 is 0 Å². The first-order chi connectivity index (χ1) is 14.0. The van der Waals surface area contributed by atoms with Crippen molar-refractivity contribution in [3.63, 3.8) is 0 Å². The number of aliphatic imine (C=N–C) groups is 1. The fraction of sp³-hybridized carbons (Fsp3) is 0.304. The molecule has 0 bridgehead atoms. The number of hydrogen-bond donors (Lipinski definition) is 1. The fourth-order valence-corrected chi connectivity index (χ4v) is 3.45. The normalized spacial score (nSPS) is 15.5. The lowest BCUT2D eigenvalue weighted by Gasteiger charge is -2.27. The standard InChI is InChI=1S/C23H26N4O2/c1-23(2,19-10-8-18(9-11-19)17-6-4-3-5-7-17)20-16-21(29-26-20)25-22(24)27-12-14-28-15-13-27/h3-11,16H,12-15H2,1-2H3,(H2,24,25). The third-order valence-electron chi connectivity index (χ3n) is 5.41. The number of nitrogens with two attached hydrogens (primary N) is 1. The van der Waals surface area contributed by atoms with E-state index in [2.05, 4.69) is 60.4 Å². The van der Waals surface area contributed by atoms with Crippen molar-refractivity contribution < 1.29 is 9.26 Å². The van der Waals surface area contributed by atoms with E-state index in [0.29, 0.717) is 25.1 Å². The molecule has 0 atom stereocenters. The number of guanidine groups is 1. The van der Waals surface area contributed by atoms with Crippen molar-refractivity contribution in [1.29, 1.82) is 0 Å². The van der Waals surface area contributed by atoms with E-state index in [9.17, 15) is 0 Å². The fourth-order valence-electron chi connectivity index (χ4n) is 3.45. The first-order valence-corrected chi connectivity index (χ1v) is 9.84. The third kappa shape index (κ3) is 4.17. The van der Waals surface area contributed by atoms with Gasteiger partial charge >= 0.3 is 0 Å². The summed E-state index contributed by atoms with van der Waals surface area (Å²) in [6.07, 6.45) is 0. The van der Waals surface area contributed by atoms with Gasteiger partial charge in [0.15, 0.2) is 5.96 Å². The predicted octanol–water partition coefficient (Wildman–Crippen LogP) is 3.95. The Morgan fingerprint density at radius 1 is 1.00 bits per heavy atom. The van der Waals surface area contributed by atoms with Crippen LogP contribution in [0.15, 0.2) is 70.2 Å². The summed E-state index contributed by atoms with van der Waals surface area (Å²) in [5.41, 5.74) is 10.2. The zero-order valence-corrected chi connectivity index (χ0v) is 16.8.